The summed E-state index contributed by atoms with van der Waals surface area (Å²) in [4.78, 5) is 39.1. The van der Waals surface area contributed by atoms with Crippen molar-refractivity contribution in [2.75, 3.05) is 26.0 Å². The molecular weight excluding hydrogens is 428 g/mol. The van der Waals surface area contributed by atoms with E-state index in [1.165, 1.54) is 0 Å². The Morgan fingerprint density at radius 2 is 2.03 bits per heavy atom. The van der Waals surface area contributed by atoms with Crippen molar-refractivity contribution in [3.63, 3.8) is 0 Å². The van der Waals surface area contributed by atoms with E-state index >= 15 is 0 Å². The molecule has 4 rings (SSSR count). The van der Waals surface area contributed by atoms with Crippen LogP contribution in [0.2, 0.25) is 0 Å². The lowest BCUT2D eigenvalue weighted by Gasteiger charge is -2.15. The van der Waals surface area contributed by atoms with Crippen molar-refractivity contribution in [2.45, 2.75) is 19.9 Å². The molecule has 0 aliphatic rings. The molecule has 0 aliphatic heterocycles. The molecule has 0 fully saturated rings. The highest BCUT2D eigenvalue weighted by atomic mass is 16.2. The van der Waals surface area contributed by atoms with Gasteiger partial charge >= 0.3 is 0 Å². The topological polar surface area (TPSA) is 95.9 Å². The van der Waals surface area contributed by atoms with Gasteiger partial charge in [-0.15, -0.1) is 0 Å². The van der Waals surface area contributed by atoms with Gasteiger partial charge < -0.3 is 19.8 Å². The Labute approximate surface area is 198 Å². The minimum Gasteiger partial charge on any atom is -0.346 e. The van der Waals surface area contributed by atoms with Gasteiger partial charge in [-0.2, -0.15) is 0 Å². The van der Waals surface area contributed by atoms with E-state index in [9.17, 15) is 9.59 Å². The Balaban J connectivity index is 1.83. The molecule has 0 saturated heterocycles. The van der Waals surface area contributed by atoms with Crippen LogP contribution in [0, 0.1) is 0 Å². The average Bonchev–Trinajstić information content (AvgIpc) is 3.27. The number of likely N-dealkylation sites (N-methyl/N-ethyl adjacent to an activating group) is 1. The highest BCUT2D eigenvalue weighted by molar-refractivity contribution is 5.99. The van der Waals surface area contributed by atoms with Crippen LogP contribution >= 0.6 is 0 Å². The molecule has 0 saturated carbocycles. The molecule has 174 valence electrons. The zero-order chi connectivity index (χ0) is 24.2. The molecule has 2 N–H and O–H groups in total. The Morgan fingerprint density at radius 1 is 1.21 bits per heavy atom. The van der Waals surface area contributed by atoms with Crippen molar-refractivity contribution in [3.8, 4) is 22.3 Å². The molecule has 0 spiro atoms. The lowest BCUT2D eigenvalue weighted by Crippen LogP contribution is -2.29. The normalized spacial score (nSPS) is 11.2. The summed E-state index contributed by atoms with van der Waals surface area (Å²) in [6.07, 6.45) is 9.35. The van der Waals surface area contributed by atoms with E-state index < -0.39 is 5.91 Å². The van der Waals surface area contributed by atoms with E-state index in [1.807, 2.05) is 43.7 Å². The Kier molecular flexibility index (Phi) is 6.70. The number of hydrogen-bond donors (Lipinski definition) is 2. The summed E-state index contributed by atoms with van der Waals surface area (Å²) in [6.45, 7) is 6.73. The maximum atomic E-state index is 13.0. The molecular formula is C26H28N6O2. The summed E-state index contributed by atoms with van der Waals surface area (Å²) in [5.41, 5.74) is 5.45. The molecule has 8 heteroatoms. The van der Waals surface area contributed by atoms with Crippen LogP contribution in [0.4, 0.5) is 5.69 Å². The predicted octanol–water partition coefficient (Wildman–Crippen LogP) is 3.70. The van der Waals surface area contributed by atoms with Crippen LogP contribution < -0.4 is 10.9 Å². The fourth-order valence-electron chi connectivity index (χ4n) is 3.78. The van der Waals surface area contributed by atoms with Crippen LogP contribution in [0.1, 0.15) is 12.6 Å². The third kappa shape index (κ3) is 4.82. The molecule has 1 amide bonds. The molecule has 0 bridgehead atoms. The number of hydrogen-bond acceptors (Lipinski definition) is 5. The van der Waals surface area contributed by atoms with Crippen molar-refractivity contribution in [2.24, 2.45) is 0 Å². The molecule has 0 atom stereocenters. The number of pyridine rings is 3. The first kappa shape index (κ1) is 23.1. The largest absolute Gasteiger partial charge is 0.346 e. The van der Waals surface area contributed by atoms with Crippen molar-refractivity contribution < 1.29 is 4.79 Å². The fraction of sp³-hybridized carbons (Fsp3) is 0.231. The van der Waals surface area contributed by atoms with Gasteiger partial charge in [0, 0.05) is 65.6 Å². The monoisotopic (exact) mass is 456 g/mol. The first-order valence-electron chi connectivity index (χ1n) is 11.1. The number of amides is 1. The summed E-state index contributed by atoms with van der Waals surface area (Å²) in [7, 11) is 3.90. The van der Waals surface area contributed by atoms with Crippen LogP contribution in [0.5, 0.6) is 0 Å². The molecule has 0 aromatic carbocycles. The van der Waals surface area contributed by atoms with Crippen LogP contribution in [0.3, 0.4) is 0 Å². The standard InChI is InChI=1S/C26H28N6O2/c1-5-20-11-17(7-8-27-20)22-15-29-25-21(22)12-18(14-28-25)19-13-23(30-24(33)6-2)26(34)32(16-19)10-9-31(3)4/h6-8,11-16H,2,5,9-10H2,1,3-4H3,(H,28,29)(H,30,33). The van der Waals surface area contributed by atoms with Gasteiger partial charge in [-0.05, 0) is 56.4 Å². The van der Waals surface area contributed by atoms with Gasteiger partial charge in [0.25, 0.3) is 5.56 Å². The van der Waals surface area contributed by atoms with E-state index in [0.29, 0.717) is 13.1 Å². The molecule has 8 nitrogen and oxygen atoms in total. The number of rotatable bonds is 8. The third-order valence-electron chi connectivity index (χ3n) is 5.67. The minimum absolute atomic E-state index is 0.206. The van der Waals surface area contributed by atoms with Gasteiger partial charge in [0.2, 0.25) is 5.91 Å². The fourth-order valence-corrected chi connectivity index (χ4v) is 3.78. The number of nitrogens with one attached hydrogen (secondary N) is 2. The summed E-state index contributed by atoms with van der Waals surface area (Å²) >= 11 is 0. The second-order valence-corrected chi connectivity index (χ2v) is 8.35. The average molecular weight is 457 g/mol. The van der Waals surface area contributed by atoms with Crippen molar-refractivity contribution in [1.29, 1.82) is 0 Å². The van der Waals surface area contributed by atoms with Gasteiger partial charge in [0.1, 0.15) is 11.3 Å². The van der Waals surface area contributed by atoms with Crippen LogP contribution in [-0.2, 0) is 17.8 Å². The second kappa shape index (κ2) is 9.84. The summed E-state index contributed by atoms with van der Waals surface area (Å²) in [5, 5.41) is 3.61. The molecule has 0 radical (unpaired) electrons. The van der Waals surface area contributed by atoms with Crippen molar-refractivity contribution in [1.82, 2.24) is 24.4 Å². The van der Waals surface area contributed by atoms with Gasteiger partial charge in [-0.25, -0.2) is 4.98 Å². The molecule has 4 aromatic rings. The highest BCUT2D eigenvalue weighted by Gasteiger charge is 2.14. The Bertz CT molecular complexity index is 1420. The third-order valence-corrected chi connectivity index (χ3v) is 5.67. The molecule has 34 heavy (non-hydrogen) atoms. The van der Waals surface area contributed by atoms with Crippen LogP contribution in [-0.4, -0.2) is 51.0 Å². The molecule has 0 unspecified atom stereocenters. The number of aromatic amines is 1. The van der Waals surface area contributed by atoms with Gasteiger partial charge in [-0.1, -0.05) is 13.5 Å². The summed E-state index contributed by atoms with van der Waals surface area (Å²) in [6, 6.07) is 7.81. The smallest absolute Gasteiger partial charge is 0.274 e. The lowest BCUT2D eigenvalue weighted by atomic mass is 10.0. The maximum Gasteiger partial charge on any atom is 0.274 e. The number of carbonyl (C=O) groups excluding carboxylic acids is 1. The number of nitrogens with zero attached hydrogens (tertiary/aromatic N) is 4. The van der Waals surface area contributed by atoms with E-state index in [0.717, 1.165) is 51.5 Å². The Morgan fingerprint density at radius 3 is 2.76 bits per heavy atom. The lowest BCUT2D eigenvalue weighted by molar-refractivity contribution is -0.111. The van der Waals surface area contributed by atoms with Gasteiger partial charge in [0.05, 0.1) is 0 Å². The number of anilines is 1. The van der Waals surface area contributed by atoms with Gasteiger partial charge in [0.15, 0.2) is 0 Å². The van der Waals surface area contributed by atoms with Crippen molar-refractivity contribution >= 4 is 22.6 Å². The molecule has 4 heterocycles. The SMILES string of the molecule is C=CC(=O)Nc1cc(-c2cnc3[nH]cc(-c4ccnc(CC)c4)c3c2)cn(CCN(C)C)c1=O. The minimum atomic E-state index is -0.431. The van der Waals surface area contributed by atoms with Crippen LogP contribution in [0.15, 0.2) is 66.5 Å². The molecule has 0 aliphatic carbocycles. The highest BCUT2D eigenvalue weighted by Crippen LogP contribution is 2.31. The van der Waals surface area contributed by atoms with Gasteiger partial charge in [-0.3, -0.25) is 14.6 Å². The first-order valence-corrected chi connectivity index (χ1v) is 11.1. The maximum absolute atomic E-state index is 13.0. The van der Waals surface area contributed by atoms with Crippen molar-refractivity contribution in [3.05, 3.63) is 77.8 Å². The predicted molar refractivity (Wildman–Crippen MR) is 136 cm³/mol. The number of H-pyrrole nitrogens is 1. The van der Waals surface area contributed by atoms with E-state index in [-0.39, 0.29) is 11.2 Å². The van der Waals surface area contributed by atoms with E-state index in [1.54, 1.807) is 16.8 Å². The summed E-state index contributed by atoms with van der Waals surface area (Å²) in [5.74, 6) is -0.431. The number of aromatic nitrogens is 4. The quantitative estimate of drug-likeness (QED) is 0.394. The van der Waals surface area contributed by atoms with Crippen LogP contribution in [0.25, 0.3) is 33.3 Å². The summed E-state index contributed by atoms with van der Waals surface area (Å²) < 4.78 is 1.62. The van der Waals surface area contributed by atoms with E-state index in [4.69, 9.17) is 0 Å². The number of fused-ring (bicyclic) bond motifs is 1. The number of carbonyl (C=O) groups is 1. The van der Waals surface area contributed by atoms with E-state index in [2.05, 4.69) is 45.9 Å². The first-order chi connectivity index (χ1) is 16.4. The zero-order valence-corrected chi connectivity index (χ0v) is 19.6. The number of aryl methyl sites for hydroxylation is 1. The Hall–Kier alpha value is -4.04. The zero-order valence-electron chi connectivity index (χ0n) is 19.6. The molecule has 4 aromatic heterocycles. The second-order valence-electron chi connectivity index (χ2n) is 8.35.